The summed E-state index contributed by atoms with van der Waals surface area (Å²) < 4.78 is 25.2. The molecule has 0 aromatic heterocycles. The topological polar surface area (TPSA) is 36.9 Å². The lowest BCUT2D eigenvalue weighted by Crippen LogP contribution is -2.44. The minimum atomic E-state index is -0.929. The van der Waals surface area contributed by atoms with Crippen LogP contribution in [-0.2, 0) is 11.0 Å². The molecule has 4 nitrogen and oxygen atoms in total. The molecule has 1 aliphatic heterocycles. The lowest BCUT2D eigenvalue weighted by Gasteiger charge is -2.52. The Morgan fingerprint density at radius 3 is 1.76 bits per heavy atom. The molecule has 6 aromatic rings. The number of hydrogen-bond donors (Lipinski definition) is 0. The van der Waals surface area contributed by atoms with Crippen molar-refractivity contribution in [3.05, 3.63) is 149 Å². The fraction of sp³-hybridized carbons (Fsp3) is 0.280. The fourth-order valence-corrected chi connectivity index (χ4v) is 10.8. The molecule has 4 heteroatoms. The Kier molecular flexibility index (Phi) is 7.80. The van der Waals surface area contributed by atoms with Crippen molar-refractivity contribution in [2.45, 2.75) is 58.0 Å². The van der Waals surface area contributed by atoms with Crippen LogP contribution in [0.1, 0.15) is 74.8 Å². The number of hydrogen-bond acceptors (Lipinski definition) is 4. The number of methoxy groups -OCH3 is 3. The van der Waals surface area contributed by atoms with Gasteiger partial charge in [-0.15, -0.1) is 0 Å². The van der Waals surface area contributed by atoms with Gasteiger partial charge in [0.05, 0.1) is 21.3 Å². The third-order valence-corrected chi connectivity index (χ3v) is 12.2. The summed E-state index contributed by atoms with van der Waals surface area (Å²) in [7, 11) is 5.17. The molecule has 6 aromatic carbocycles. The van der Waals surface area contributed by atoms with Gasteiger partial charge in [-0.1, -0.05) is 113 Å². The summed E-state index contributed by atoms with van der Waals surface area (Å²) in [6.07, 6.45) is 7.93. The first kappa shape index (κ1) is 34.3. The standard InChI is InChI=1S/C50H48O4/c1-47(2)29-48(3,4)31-49(30-47)42-16-12-11-15-37(42)44-40-27-39(32-13-9-8-10-14-32)43(53-7)28-41(40)46-38(45(44)49)25-26-50(54-46,33-17-21-35(51-5)22-18-33)34-19-23-36(52-6)24-20-34/h8-28H,29-31H2,1-7H3. The summed E-state index contributed by atoms with van der Waals surface area (Å²) in [5.41, 5.74) is 9.97. The van der Waals surface area contributed by atoms with Gasteiger partial charge in [-0.25, -0.2) is 0 Å². The number of fused-ring (bicyclic) bond motifs is 10. The molecular formula is C50H48O4. The van der Waals surface area contributed by atoms with E-state index >= 15 is 0 Å². The highest BCUT2D eigenvalue weighted by Crippen LogP contribution is 2.67. The Labute approximate surface area is 319 Å². The average Bonchev–Trinajstić information content (AvgIpc) is 3.44. The second-order valence-electron chi connectivity index (χ2n) is 17.1. The smallest absolute Gasteiger partial charge is 0.178 e. The molecule has 0 radical (unpaired) electrons. The van der Waals surface area contributed by atoms with Crippen molar-refractivity contribution in [2.75, 3.05) is 21.3 Å². The van der Waals surface area contributed by atoms with Gasteiger partial charge in [-0.2, -0.15) is 0 Å². The SMILES string of the molecule is COc1ccc(C2(c3ccc(OC)cc3)C=Cc3c4c(c5cc(-c6ccccc6)c(OC)cc5c3O2)-c2ccccc2C42CC(C)(C)CC(C)(C)C2)cc1. The van der Waals surface area contributed by atoms with Gasteiger partial charge in [0.1, 0.15) is 23.0 Å². The summed E-state index contributed by atoms with van der Waals surface area (Å²) >= 11 is 0. The van der Waals surface area contributed by atoms with Gasteiger partial charge < -0.3 is 18.9 Å². The van der Waals surface area contributed by atoms with Crippen LogP contribution in [0.5, 0.6) is 23.0 Å². The van der Waals surface area contributed by atoms with Gasteiger partial charge in [0, 0.05) is 33.1 Å². The molecule has 1 fully saturated rings. The van der Waals surface area contributed by atoms with Gasteiger partial charge in [0.2, 0.25) is 0 Å². The summed E-state index contributed by atoms with van der Waals surface area (Å²) in [5.74, 6) is 3.29. The van der Waals surface area contributed by atoms with Crippen LogP contribution >= 0.6 is 0 Å². The normalized spacial score (nSPS) is 18.0. The van der Waals surface area contributed by atoms with E-state index in [1.54, 1.807) is 21.3 Å². The summed E-state index contributed by atoms with van der Waals surface area (Å²) in [6, 6.07) is 40.9. The monoisotopic (exact) mass is 712 g/mol. The van der Waals surface area contributed by atoms with Crippen LogP contribution in [-0.4, -0.2) is 21.3 Å². The maximum absolute atomic E-state index is 7.74. The average molecular weight is 713 g/mol. The maximum Gasteiger partial charge on any atom is 0.178 e. The lowest BCUT2D eigenvalue weighted by atomic mass is 9.52. The minimum absolute atomic E-state index is 0.128. The molecule has 0 unspecified atom stereocenters. The van der Waals surface area contributed by atoms with Crippen LogP contribution in [0, 0.1) is 10.8 Å². The molecule has 1 saturated carbocycles. The van der Waals surface area contributed by atoms with Crippen molar-refractivity contribution in [3.63, 3.8) is 0 Å². The Morgan fingerprint density at radius 1 is 0.574 bits per heavy atom. The van der Waals surface area contributed by atoms with Gasteiger partial charge in [0.15, 0.2) is 5.60 Å². The molecule has 272 valence electrons. The van der Waals surface area contributed by atoms with Crippen LogP contribution in [0.4, 0.5) is 0 Å². The zero-order chi connectivity index (χ0) is 37.5. The first-order chi connectivity index (χ1) is 26.0. The van der Waals surface area contributed by atoms with E-state index in [1.807, 2.05) is 24.3 Å². The van der Waals surface area contributed by atoms with Gasteiger partial charge in [0.25, 0.3) is 0 Å². The van der Waals surface area contributed by atoms with Crippen LogP contribution < -0.4 is 18.9 Å². The third-order valence-electron chi connectivity index (χ3n) is 12.2. The van der Waals surface area contributed by atoms with E-state index in [1.165, 1.54) is 34.1 Å². The van der Waals surface area contributed by atoms with Gasteiger partial charge in [-0.3, -0.25) is 0 Å². The zero-order valence-electron chi connectivity index (χ0n) is 32.4. The Morgan fingerprint density at radius 2 is 1.17 bits per heavy atom. The summed E-state index contributed by atoms with van der Waals surface area (Å²) in [4.78, 5) is 0. The molecular weight excluding hydrogens is 665 g/mol. The lowest BCUT2D eigenvalue weighted by molar-refractivity contribution is 0.0642. The first-order valence-electron chi connectivity index (χ1n) is 19.1. The molecule has 2 aliphatic carbocycles. The van der Waals surface area contributed by atoms with E-state index in [-0.39, 0.29) is 16.2 Å². The Balaban J connectivity index is 1.41. The Bertz CT molecular complexity index is 2370. The Hall–Kier alpha value is -5.48. The predicted octanol–water partition coefficient (Wildman–Crippen LogP) is 12.4. The van der Waals surface area contributed by atoms with E-state index in [2.05, 4.69) is 131 Å². The van der Waals surface area contributed by atoms with Crippen LogP contribution in [0.15, 0.2) is 121 Å². The molecule has 1 spiro atoms. The maximum atomic E-state index is 7.74. The fourth-order valence-electron chi connectivity index (χ4n) is 10.8. The molecule has 9 rings (SSSR count). The first-order valence-corrected chi connectivity index (χ1v) is 19.1. The zero-order valence-corrected chi connectivity index (χ0v) is 32.4. The van der Waals surface area contributed by atoms with Crippen molar-refractivity contribution in [2.24, 2.45) is 10.8 Å². The van der Waals surface area contributed by atoms with E-state index in [0.29, 0.717) is 0 Å². The van der Waals surface area contributed by atoms with E-state index in [0.717, 1.165) is 69.0 Å². The largest absolute Gasteiger partial charge is 0.497 e. The van der Waals surface area contributed by atoms with Crippen molar-refractivity contribution < 1.29 is 18.9 Å². The van der Waals surface area contributed by atoms with E-state index in [9.17, 15) is 0 Å². The molecule has 0 bridgehead atoms. The number of benzene rings is 6. The van der Waals surface area contributed by atoms with Crippen LogP contribution in [0.2, 0.25) is 0 Å². The molecule has 0 saturated heterocycles. The number of rotatable bonds is 6. The summed E-state index contributed by atoms with van der Waals surface area (Å²) in [5, 5.41) is 2.22. The predicted molar refractivity (Wildman–Crippen MR) is 220 cm³/mol. The molecule has 54 heavy (non-hydrogen) atoms. The highest BCUT2D eigenvalue weighted by Gasteiger charge is 2.55. The minimum Gasteiger partial charge on any atom is -0.497 e. The third kappa shape index (κ3) is 5.17. The molecule has 0 atom stereocenters. The van der Waals surface area contributed by atoms with Crippen molar-refractivity contribution >= 4 is 16.8 Å². The van der Waals surface area contributed by atoms with Crippen molar-refractivity contribution in [3.8, 4) is 45.3 Å². The van der Waals surface area contributed by atoms with Crippen LogP contribution in [0.3, 0.4) is 0 Å². The van der Waals surface area contributed by atoms with Gasteiger partial charge >= 0.3 is 0 Å². The number of ether oxygens (including phenoxy) is 4. The second kappa shape index (κ2) is 12.3. The van der Waals surface area contributed by atoms with E-state index < -0.39 is 5.60 Å². The second-order valence-corrected chi connectivity index (χ2v) is 17.1. The summed E-state index contributed by atoms with van der Waals surface area (Å²) in [6.45, 7) is 9.86. The molecule has 0 amide bonds. The van der Waals surface area contributed by atoms with Crippen molar-refractivity contribution in [1.82, 2.24) is 0 Å². The molecule has 0 N–H and O–H groups in total. The van der Waals surface area contributed by atoms with Crippen LogP contribution in [0.25, 0.3) is 39.1 Å². The molecule has 3 aliphatic rings. The molecule has 1 heterocycles. The quantitative estimate of drug-likeness (QED) is 0.172. The highest BCUT2D eigenvalue weighted by molar-refractivity contribution is 6.10. The van der Waals surface area contributed by atoms with Crippen molar-refractivity contribution in [1.29, 1.82) is 0 Å². The highest BCUT2D eigenvalue weighted by atomic mass is 16.5. The van der Waals surface area contributed by atoms with E-state index in [4.69, 9.17) is 18.9 Å². The van der Waals surface area contributed by atoms with Gasteiger partial charge in [-0.05, 0) is 106 Å².